The van der Waals surface area contributed by atoms with E-state index in [0.717, 1.165) is 19.0 Å². The van der Waals surface area contributed by atoms with Crippen LogP contribution in [0, 0.1) is 0 Å². The Morgan fingerprint density at radius 3 is 2.81 bits per heavy atom. The molecule has 4 N–H and O–H groups in total. The number of primary amides is 1. The smallest absolute Gasteiger partial charge is 0.255 e. The highest BCUT2D eigenvalue weighted by atomic mass is 16.5. The lowest BCUT2D eigenvalue weighted by molar-refractivity contribution is -0.928. The summed E-state index contributed by atoms with van der Waals surface area (Å²) >= 11 is 0. The summed E-state index contributed by atoms with van der Waals surface area (Å²) in [5.74, 6) is 0.0569. The minimum Gasteiger partial charge on any atom is -0.493 e. The molecule has 1 saturated heterocycles. The predicted octanol–water partition coefficient (Wildman–Crippen LogP) is 0.137. The zero-order valence-corrected chi connectivity index (χ0v) is 15.7. The van der Waals surface area contributed by atoms with Gasteiger partial charge in [-0.15, -0.1) is 0 Å². The first-order valence-electron chi connectivity index (χ1n) is 9.23. The van der Waals surface area contributed by atoms with Crippen LogP contribution in [0.25, 0.3) is 0 Å². The highest BCUT2D eigenvalue weighted by molar-refractivity contribution is 5.94. The van der Waals surface area contributed by atoms with Crippen LogP contribution in [0.15, 0.2) is 18.2 Å². The van der Waals surface area contributed by atoms with Crippen LogP contribution < -0.4 is 25.4 Å². The Morgan fingerprint density at radius 1 is 1.31 bits per heavy atom. The molecule has 1 aromatic carbocycles. The van der Waals surface area contributed by atoms with Crippen molar-refractivity contribution >= 4 is 11.8 Å². The number of rotatable bonds is 9. The van der Waals surface area contributed by atoms with Crippen molar-refractivity contribution in [2.75, 3.05) is 33.4 Å². The molecule has 0 saturated carbocycles. The minimum absolute atomic E-state index is 0.147. The Hall–Kier alpha value is -2.28. The molecule has 0 bridgehead atoms. The standard InChI is InChI=1S/C19H29N3O4/c1-14-6-3-4-10-22(14)11-5-9-21-19(24)15-7-8-16(17(12-15)25-2)26-13-18(20)23/h7-8,12,14H,3-6,9-11,13H2,1-2H3,(H2,20,23)(H,21,24)/p+1/t14-/m0/s1. The third-order valence-electron chi connectivity index (χ3n) is 4.84. The van der Waals surface area contributed by atoms with Gasteiger partial charge in [0.1, 0.15) is 0 Å². The van der Waals surface area contributed by atoms with Gasteiger partial charge in [-0.1, -0.05) is 0 Å². The van der Waals surface area contributed by atoms with Gasteiger partial charge in [-0.2, -0.15) is 0 Å². The highest BCUT2D eigenvalue weighted by Gasteiger charge is 2.21. The van der Waals surface area contributed by atoms with Crippen molar-refractivity contribution < 1.29 is 24.0 Å². The Balaban J connectivity index is 1.81. The number of methoxy groups -OCH3 is 1. The van der Waals surface area contributed by atoms with Crippen molar-refractivity contribution in [3.8, 4) is 11.5 Å². The summed E-state index contributed by atoms with van der Waals surface area (Å²) in [6.45, 7) is 5.04. The molecule has 0 spiro atoms. The van der Waals surface area contributed by atoms with E-state index in [2.05, 4.69) is 12.2 Å². The number of quaternary nitrogens is 1. The molecule has 1 heterocycles. The molecule has 7 heteroatoms. The third kappa shape index (κ3) is 5.91. The van der Waals surface area contributed by atoms with E-state index in [-0.39, 0.29) is 12.5 Å². The minimum atomic E-state index is -0.570. The molecule has 1 aliphatic heterocycles. The molecule has 2 rings (SSSR count). The average molecular weight is 364 g/mol. The maximum absolute atomic E-state index is 12.3. The van der Waals surface area contributed by atoms with Crippen LogP contribution in [0.5, 0.6) is 11.5 Å². The second-order valence-electron chi connectivity index (χ2n) is 6.79. The highest BCUT2D eigenvalue weighted by Crippen LogP contribution is 2.27. The number of ether oxygens (including phenoxy) is 2. The van der Waals surface area contributed by atoms with Crippen LogP contribution in [0.3, 0.4) is 0 Å². The normalized spacial score (nSPS) is 19.6. The van der Waals surface area contributed by atoms with Crippen LogP contribution >= 0.6 is 0 Å². The number of likely N-dealkylation sites (tertiary alicyclic amines) is 1. The Bertz CT molecular complexity index is 621. The van der Waals surface area contributed by atoms with Gasteiger partial charge in [-0.3, -0.25) is 9.59 Å². The van der Waals surface area contributed by atoms with Crippen molar-refractivity contribution in [1.29, 1.82) is 0 Å². The number of hydrogen-bond acceptors (Lipinski definition) is 4. The van der Waals surface area contributed by atoms with E-state index in [1.54, 1.807) is 23.1 Å². The molecular formula is C19H30N3O4+. The fraction of sp³-hybridized carbons (Fsp3) is 0.579. The number of benzene rings is 1. The van der Waals surface area contributed by atoms with Crippen molar-refractivity contribution in [1.82, 2.24) is 5.32 Å². The van der Waals surface area contributed by atoms with Crippen LogP contribution in [0.1, 0.15) is 43.0 Å². The van der Waals surface area contributed by atoms with Gasteiger partial charge < -0.3 is 25.4 Å². The SMILES string of the molecule is COc1cc(C(=O)NCCC[NH+]2CCCC[C@@H]2C)ccc1OCC(N)=O. The van der Waals surface area contributed by atoms with Crippen molar-refractivity contribution in [2.24, 2.45) is 5.73 Å². The zero-order valence-electron chi connectivity index (χ0n) is 15.7. The lowest BCUT2D eigenvalue weighted by Crippen LogP contribution is -3.16. The lowest BCUT2D eigenvalue weighted by atomic mass is 10.0. The predicted molar refractivity (Wildman–Crippen MR) is 98.6 cm³/mol. The summed E-state index contributed by atoms with van der Waals surface area (Å²) in [6.07, 6.45) is 4.90. The second-order valence-corrected chi connectivity index (χ2v) is 6.79. The molecule has 1 aliphatic rings. The van der Waals surface area contributed by atoms with Gasteiger partial charge in [0.15, 0.2) is 18.1 Å². The third-order valence-corrected chi connectivity index (χ3v) is 4.84. The number of nitrogens with two attached hydrogens (primary N) is 1. The topological polar surface area (TPSA) is 95.1 Å². The Kier molecular flexibility index (Phi) is 7.72. The molecule has 0 radical (unpaired) electrons. The van der Waals surface area contributed by atoms with Gasteiger partial charge in [0.2, 0.25) is 0 Å². The summed E-state index contributed by atoms with van der Waals surface area (Å²) in [5.41, 5.74) is 5.56. The quantitative estimate of drug-likeness (QED) is 0.543. The van der Waals surface area contributed by atoms with Gasteiger partial charge in [-0.05, 0) is 44.4 Å². The molecule has 0 aromatic heterocycles. The molecule has 2 amide bonds. The first-order valence-corrected chi connectivity index (χ1v) is 9.23. The fourth-order valence-corrected chi connectivity index (χ4v) is 3.32. The van der Waals surface area contributed by atoms with E-state index in [9.17, 15) is 9.59 Å². The number of amides is 2. The maximum atomic E-state index is 12.3. The van der Waals surface area contributed by atoms with E-state index in [1.807, 2.05) is 0 Å². The monoisotopic (exact) mass is 364 g/mol. The number of piperidine rings is 1. The van der Waals surface area contributed by atoms with Gasteiger partial charge in [0.05, 0.1) is 26.2 Å². The summed E-state index contributed by atoms with van der Waals surface area (Å²) in [6, 6.07) is 5.57. The molecule has 0 aliphatic carbocycles. The number of carbonyl (C=O) groups is 2. The maximum Gasteiger partial charge on any atom is 0.255 e. The molecule has 1 aromatic rings. The molecule has 26 heavy (non-hydrogen) atoms. The van der Waals surface area contributed by atoms with E-state index in [4.69, 9.17) is 15.2 Å². The number of hydrogen-bond donors (Lipinski definition) is 3. The van der Waals surface area contributed by atoms with Gasteiger partial charge in [0.25, 0.3) is 11.8 Å². The zero-order chi connectivity index (χ0) is 18.9. The summed E-state index contributed by atoms with van der Waals surface area (Å²) in [4.78, 5) is 24.8. The van der Waals surface area contributed by atoms with Gasteiger partial charge in [0, 0.05) is 18.5 Å². The first kappa shape index (κ1) is 20.0. The van der Waals surface area contributed by atoms with E-state index >= 15 is 0 Å². The van der Waals surface area contributed by atoms with Crippen LogP contribution in [0.4, 0.5) is 0 Å². The lowest BCUT2D eigenvalue weighted by Gasteiger charge is -2.30. The molecule has 7 nitrogen and oxygen atoms in total. The molecular weight excluding hydrogens is 334 g/mol. The van der Waals surface area contributed by atoms with E-state index < -0.39 is 5.91 Å². The Labute approximate surface area is 154 Å². The van der Waals surface area contributed by atoms with Crippen molar-refractivity contribution in [2.45, 2.75) is 38.6 Å². The largest absolute Gasteiger partial charge is 0.493 e. The summed E-state index contributed by atoms with van der Waals surface area (Å²) in [5, 5.41) is 2.95. The van der Waals surface area contributed by atoms with Crippen LogP contribution in [0.2, 0.25) is 0 Å². The molecule has 1 fully saturated rings. The second kappa shape index (κ2) is 10.0. The number of carbonyl (C=O) groups excluding carboxylic acids is 2. The van der Waals surface area contributed by atoms with Crippen molar-refractivity contribution in [3.63, 3.8) is 0 Å². The fourth-order valence-electron chi connectivity index (χ4n) is 3.32. The number of nitrogens with one attached hydrogen (secondary N) is 2. The van der Waals surface area contributed by atoms with E-state index in [1.165, 1.54) is 32.9 Å². The average Bonchev–Trinajstić information content (AvgIpc) is 2.64. The Morgan fingerprint density at radius 2 is 2.12 bits per heavy atom. The molecule has 144 valence electrons. The van der Waals surface area contributed by atoms with Gasteiger partial charge in [-0.25, -0.2) is 0 Å². The van der Waals surface area contributed by atoms with Crippen molar-refractivity contribution in [3.05, 3.63) is 23.8 Å². The van der Waals surface area contributed by atoms with Crippen LogP contribution in [-0.4, -0.2) is 51.2 Å². The molecule has 2 atom stereocenters. The molecule has 1 unspecified atom stereocenters. The van der Waals surface area contributed by atoms with Crippen LogP contribution in [-0.2, 0) is 4.79 Å². The first-order chi connectivity index (χ1) is 12.5. The summed E-state index contributed by atoms with van der Waals surface area (Å²) in [7, 11) is 1.48. The van der Waals surface area contributed by atoms with E-state index in [0.29, 0.717) is 23.6 Å². The summed E-state index contributed by atoms with van der Waals surface area (Å²) < 4.78 is 10.5. The van der Waals surface area contributed by atoms with Gasteiger partial charge >= 0.3 is 0 Å².